The highest BCUT2D eigenvalue weighted by atomic mass is 17.2. The number of carbonyl (C=O) groups is 2. The van der Waals surface area contributed by atoms with E-state index in [0.29, 0.717) is 23.5 Å². The first-order chi connectivity index (χ1) is 15.2. The number of hydrogen-bond acceptors (Lipinski definition) is 6. The Kier molecular flexibility index (Phi) is 6.72. The summed E-state index contributed by atoms with van der Waals surface area (Å²) in [5, 5.41) is 0. The zero-order valence-corrected chi connectivity index (χ0v) is 17.8. The first kappa shape index (κ1) is 21.2. The number of ether oxygens (including phenoxy) is 1. The molecule has 0 aromatic heterocycles. The van der Waals surface area contributed by atoms with E-state index in [1.807, 2.05) is 35.2 Å². The van der Waals surface area contributed by atoms with Gasteiger partial charge in [0.15, 0.2) is 0 Å². The normalized spacial score (nSPS) is 16.5. The van der Waals surface area contributed by atoms with E-state index in [-0.39, 0.29) is 5.91 Å². The summed E-state index contributed by atoms with van der Waals surface area (Å²) in [7, 11) is 1.30. The smallest absolute Gasteiger partial charge is 0.373 e. The van der Waals surface area contributed by atoms with Gasteiger partial charge >= 0.3 is 5.97 Å². The number of carbonyl (C=O) groups excluding carboxylic acids is 2. The summed E-state index contributed by atoms with van der Waals surface area (Å²) in [6.07, 6.45) is 5.22. The molecule has 2 aromatic carbocycles. The van der Waals surface area contributed by atoms with Crippen LogP contribution in [0.25, 0.3) is 0 Å². The lowest BCUT2D eigenvalue weighted by molar-refractivity contribution is -0.216. The molecule has 0 saturated carbocycles. The minimum absolute atomic E-state index is 0.0701. The van der Waals surface area contributed by atoms with E-state index in [9.17, 15) is 9.59 Å². The monoisotopic (exact) mass is 424 g/mol. The van der Waals surface area contributed by atoms with E-state index in [1.54, 1.807) is 12.1 Å². The van der Waals surface area contributed by atoms with Crippen LogP contribution in [0.5, 0.6) is 5.75 Å². The van der Waals surface area contributed by atoms with Gasteiger partial charge < -0.3 is 14.5 Å². The van der Waals surface area contributed by atoms with Crippen LogP contribution in [0.4, 0.5) is 11.4 Å². The van der Waals surface area contributed by atoms with Gasteiger partial charge in [0.1, 0.15) is 5.75 Å². The first-order valence-electron chi connectivity index (χ1n) is 10.9. The van der Waals surface area contributed by atoms with Crippen LogP contribution in [-0.2, 0) is 9.78 Å². The van der Waals surface area contributed by atoms with Crippen LogP contribution in [0.1, 0.15) is 52.8 Å². The molecule has 0 radical (unpaired) electrons. The summed E-state index contributed by atoms with van der Waals surface area (Å²) in [5.74, 6) is 0.248. The molecule has 1 amide bonds. The average Bonchev–Trinajstić information content (AvgIpc) is 2.80. The molecule has 7 heteroatoms. The highest BCUT2D eigenvalue weighted by Gasteiger charge is 2.22. The quantitative estimate of drug-likeness (QED) is 0.537. The number of piperidine rings is 1. The molecule has 0 unspecified atom stereocenters. The molecule has 7 nitrogen and oxygen atoms in total. The van der Waals surface area contributed by atoms with Crippen LogP contribution in [0.2, 0.25) is 0 Å². The van der Waals surface area contributed by atoms with Crippen molar-refractivity contribution >= 4 is 23.3 Å². The number of hydrogen-bond donors (Lipinski definition) is 0. The molecule has 2 aromatic rings. The number of nitrogens with zero attached hydrogens (tertiary/aromatic N) is 2. The third kappa shape index (κ3) is 4.82. The Morgan fingerprint density at radius 1 is 0.871 bits per heavy atom. The van der Waals surface area contributed by atoms with Crippen LogP contribution >= 0.6 is 0 Å². The number of fused-ring (bicyclic) bond motifs is 1. The van der Waals surface area contributed by atoms with Crippen LogP contribution in [0.3, 0.4) is 0 Å². The van der Waals surface area contributed by atoms with Crippen molar-refractivity contribution in [3.8, 4) is 5.75 Å². The summed E-state index contributed by atoms with van der Waals surface area (Å²) in [6.45, 7) is 3.09. The van der Waals surface area contributed by atoms with E-state index >= 15 is 0 Å². The van der Waals surface area contributed by atoms with Crippen molar-refractivity contribution in [1.82, 2.24) is 4.90 Å². The first-order valence-corrected chi connectivity index (χ1v) is 10.9. The molecule has 0 aliphatic carbocycles. The Morgan fingerprint density at radius 2 is 1.58 bits per heavy atom. The fraction of sp³-hybridized carbons (Fsp3) is 0.417. The van der Waals surface area contributed by atoms with Crippen LogP contribution in [-0.4, -0.2) is 50.1 Å². The SMILES string of the molecule is COOC(=O)c1ccc(N2CCCCOc3cc(C(=O)N4CCCCC4)ccc32)cc1. The van der Waals surface area contributed by atoms with E-state index < -0.39 is 5.97 Å². The predicted octanol–water partition coefficient (Wildman–Crippen LogP) is 4.34. The van der Waals surface area contributed by atoms with Gasteiger partial charge in [-0.3, -0.25) is 9.68 Å². The Hall–Kier alpha value is -3.06. The standard InChI is InChI=1S/C24H28N2O5/c1-29-31-24(28)18-7-10-20(11-8-18)26-15-5-6-16-30-22-17-19(9-12-21(22)26)23(27)25-13-3-2-4-14-25/h7-12,17H,2-6,13-16H2,1H3. The van der Waals surface area contributed by atoms with E-state index in [4.69, 9.17) is 4.74 Å². The molecule has 2 heterocycles. The fourth-order valence-electron chi connectivity index (χ4n) is 4.11. The predicted molar refractivity (Wildman–Crippen MR) is 117 cm³/mol. The van der Waals surface area contributed by atoms with Gasteiger partial charge in [0, 0.05) is 30.9 Å². The third-order valence-corrected chi connectivity index (χ3v) is 5.75. The summed E-state index contributed by atoms with van der Waals surface area (Å²) in [4.78, 5) is 37.9. The topological polar surface area (TPSA) is 68.3 Å². The third-order valence-electron chi connectivity index (χ3n) is 5.75. The van der Waals surface area contributed by atoms with Crippen molar-refractivity contribution in [2.45, 2.75) is 32.1 Å². The lowest BCUT2D eigenvalue weighted by atomic mass is 10.1. The Morgan fingerprint density at radius 3 is 2.32 bits per heavy atom. The molecule has 0 N–H and O–H groups in total. The summed E-state index contributed by atoms with van der Waals surface area (Å²) in [5.41, 5.74) is 2.94. The minimum Gasteiger partial charge on any atom is -0.491 e. The van der Waals surface area contributed by atoms with Crippen molar-refractivity contribution in [1.29, 1.82) is 0 Å². The van der Waals surface area contributed by atoms with Gasteiger partial charge in [0.05, 0.1) is 25.0 Å². The van der Waals surface area contributed by atoms with E-state index in [0.717, 1.165) is 56.7 Å². The van der Waals surface area contributed by atoms with E-state index in [1.165, 1.54) is 13.5 Å². The van der Waals surface area contributed by atoms with Gasteiger partial charge in [-0.1, -0.05) is 0 Å². The number of likely N-dealkylation sites (tertiary alicyclic amines) is 1. The highest BCUT2D eigenvalue weighted by Crippen LogP contribution is 2.37. The van der Waals surface area contributed by atoms with Gasteiger partial charge in [0.25, 0.3) is 5.91 Å². The van der Waals surface area contributed by atoms with Crippen molar-refractivity contribution in [3.63, 3.8) is 0 Å². The average molecular weight is 424 g/mol. The zero-order valence-electron chi connectivity index (χ0n) is 17.8. The second-order valence-electron chi connectivity index (χ2n) is 7.83. The maximum Gasteiger partial charge on any atom is 0.373 e. The van der Waals surface area contributed by atoms with Crippen molar-refractivity contribution in [2.24, 2.45) is 0 Å². The van der Waals surface area contributed by atoms with Crippen molar-refractivity contribution in [3.05, 3.63) is 53.6 Å². The second kappa shape index (κ2) is 9.83. The maximum absolute atomic E-state index is 12.9. The second-order valence-corrected chi connectivity index (χ2v) is 7.83. The Balaban J connectivity index is 1.61. The van der Waals surface area contributed by atoms with Crippen molar-refractivity contribution < 1.29 is 24.1 Å². The maximum atomic E-state index is 12.9. The lowest BCUT2D eigenvalue weighted by Gasteiger charge is -2.30. The Bertz CT molecular complexity index is 922. The molecule has 0 atom stereocenters. The van der Waals surface area contributed by atoms with Crippen LogP contribution in [0, 0.1) is 0 Å². The molecule has 2 aliphatic heterocycles. The minimum atomic E-state index is -0.536. The molecule has 1 fully saturated rings. The molecule has 4 rings (SSSR count). The molecule has 0 spiro atoms. The highest BCUT2D eigenvalue weighted by molar-refractivity contribution is 5.95. The molecule has 2 aliphatic rings. The summed E-state index contributed by atoms with van der Waals surface area (Å²) < 4.78 is 6.05. The van der Waals surface area contributed by atoms with Gasteiger partial charge in [0.2, 0.25) is 0 Å². The number of benzene rings is 2. The Labute approximate surface area is 182 Å². The molecule has 31 heavy (non-hydrogen) atoms. The van der Waals surface area contributed by atoms with Gasteiger partial charge in [-0.05, 0) is 74.6 Å². The molecular formula is C24H28N2O5. The summed E-state index contributed by atoms with van der Waals surface area (Å²) in [6, 6.07) is 12.9. The molecule has 1 saturated heterocycles. The van der Waals surface area contributed by atoms with Gasteiger partial charge in [-0.15, -0.1) is 0 Å². The van der Waals surface area contributed by atoms with Gasteiger partial charge in [-0.2, -0.15) is 4.89 Å². The molecule has 0 bridgehead atoms. The van der Waals surface area contributed by atoms with Crippen LogP contribution in [0.15, 0.2) is 42.5 Å². The fourth-order valence-corrected chi connectivity index (χ4v) is 4.11. The largest absolute Gasteiger partial charge is 0.491 e. The number of rotatable bonds is 4. The zero-order chi connectivity index (χ0) is 21.6. The molecule has 164 valence electrons. The van der Waals surface area contributed by atoms with Crippen molar-refractivity contribution in [2.75, 3.05) is 38.3 Å². The number of amides is 1. The summed E-state index contributed by atoms with van der Waals surface area (Å²) >= 11 is 0. The molecular weight excluding hydrogens is 396 g/mol. The van der Waals surface area contributed by atoms with Gasteiger partial charge in [-0.25, -0.2) is 4.79 Å². The van der Waals surface area contributed by atoms with E-state index in [2.05, 4.69) is 14.7 Å². The number of anilines is 2. The lowest BCUT2D eigenvalue weighted by Crippen LogP contribution is -2.35. The van der Waals surface area contributed by atoms with Crippen LogP contribution < -0.4 is 9.64 Å².